The molecule has 0 radical (unpaired) electrons. The standard InChI is InChI=1S/C16H21BrClNO2/c1-10-4-3-5-13(6-10)21-9-15(20)19-16-11(2)7-12(17)8-14(16)18/h7-8,10,13H,3-6,9H2,1-2H3,(H,19,20). The van der Waals surface area contributed by atoms with E-state index < -0.39 is 0 Å². The second-order valence-electron chi connectivity index (χ2n) is 5.83. The third-order valence-corrected chi connectivity index (χ3v) is 4.61. The Morgan fingerprint density at radius 3 is 2.90 bits per heavy atom. The average molecular weight is 375 g/mol. The summed E-state index contributed by atoms with van der Waals surface area (Å²) < 4.78 is 6.62. The minimum absolute atomic E-state index is 0.0865. The van der Waals surface area contributed by atoms with Crippen LogP contribution in [-0.4, -0.2) is 18.6 Å². The molecule has 0 heterocycles. The molecule has 1 saturated carbocycles. The lowest BCUT2D eigenvalue weighted by Gasteiger charge is -2.26. The average Bonchev–Trinajstić information content (AvgIpc) is 2.40. The van der Waals surface area contributed by atoms with E-state index in [1.54, 1.807) is 6.07 Å². The summed E-state index contributed by atoms with van der Waals surface area (Å²) in [6.07, 6.45) is 4.76. The number of nitrogens with one attached hydrogen (secondary N) is 1. The van der Waals surface area contributed by atoms with Crippen molar-refractivity contribution in [2.75, 3.05) is 11.9 Å². The molecule has 2 unspecified atom stereocenters. The number of rotatable bonds is 4. The number of carbonyl (C=O) groups is 1. The van der Waals surface area contributed by atoms with Gasteiger partial charge in [-0.15, -0.1) is 0 Å². The normalized spacial score (nSPS) is 22.1. The highest BCUT2D eigenvalue weighted by Gasteiger charge is 2.20. The number of ether oxygens (including phenoxy) is 1. The summed E-state index contributed by atoms with van der Waals surface area (Å²) in [5.41, 5.74) is 1.58. The van der Waals surface area contributed by atoms with Crippen LogP contribution >= 0.6 is 27.5 Å². The largest absolute Gasteiger partial charge is 0.368 e. The van der Waals surface area contributed by atoms with Gasteiger partial charge in [0.25, 0.3) is 0 Å². The van der Waals surface area contributed by atoms with Gasteiger partial charge in [0.1, 0.15) is 6.61 Å². The van der Waals surface area contributed by atoms with Crippen molar-refractivity contribution >= 4 is 39.1 Å². The van der Waals surface area contributed by atoms with Gasteiger partial charge in [0.2, 0.25) is 5.91 Å². The Labute approximate surface area is 139 Å². The fourth-order valence-corrected chi connectivity index (χ4v) is 3.78. The minimum Gasteiger partial charge on any atom is -0.368 e. The number of benzene rings is 1. The van der Waals surface area contributed by atoms with Gasteiger partial charge in [-0.2, -0.15) is 0 Å². The number of halogens is 2. The Balaban J connectivity index is 1.87. The van der Waals surface area contributed by atoms with Crippen LogP contribution in [0.15, 0.2) is 16.6 Å². The van der Waals surface area contributed by atoms with Crippen molar-refractivity contribution in [3.05, 3.63) is 27.2 Å². The molecule has 1 N–H and O–H groups in total. The molecule has 2 atom stereocenters. The maximum absolute atomic E-state index is 12.0. The number of hydrogen-bond acceptors (Lipinski definition) is 2. The van der Waals surface area contributed by atoms with Crippen LogP contribution in [0.4, 0.5) is 5.69 Å². The highest BCUT2D eigenvalue weighted by atomic mass is 79.9. The first-order valence-electron chi connectivity index (χ1n) is 7.33. The first kappa shape index (κ1) is 16.8. The zero-order valence-corrected chi connectivity index (χ0v) is 14.8. The Kier molecular flexibility index (Phi) is 6.08. The fraction of sp³-hybridized carbons (Fsp3) is 0.562. The summed E-state index contributed by atoms with van der Waals surface area (Å²) in [6, 6.07) is 3.69. The fourth-order valence-electron chi connectivity index (χ4n) is 2.76. The summed E-state index contributed by atoms with van der Waals surface area (Å²) in [5.74, 6) is 0.538. The zero-order chi connectivity index (χ0) is 15.4. The third-order valence-electron chi connectivity index (χ3n) is 3.86. The number of hydrogen-bond donors (Lipinski definition) is 1. The summed E-state index contributed by atoms with van der Waals surface area (Å²) >= 11 is 9.54. The summed E-state index contributed by atoms with van der Waals surface area (Å²) in [4.78, 5) is 12.0. The van der Waals surface area contributed by atoms with Gasteiger partial charge in [-0.3, -0.25) is 4.79 Å². The monoisotopic (exact) mass is 373 g/mol. The molecule has 2 rings (SSSR count). The van der Waals surface area contributed by atoms with E-state index in [1.165, 1.54) is 12.8 Å². The van der Waals surface area contributed by atoms with Gasteiger partial charge in [-0.05, 0) is 43.4 Å². The van der Waals surface area contributed by atoms with Gasteiger partial charge in [0.05, 0.1) is 16.8 Å². The molecule has 1 aromatic carbocycles. The lowest BCUT2D eigenvalue weighted by Crippen LogP contribution is -2.27. The van der Waals surface area contributed by atoms with Gasteiger partial charge >= 0.3 is 0 Å². The van der Waals surface area contributed by atoms with E-state index in [4.69, 9.17) is 16.3 Å². The van der Waals surface area contributed by atoms with E-state index in [1.807, 2.05) is 13.0 Å². The molecule has 1 aliphatic carbocycles. The first-order chi connectivity index (χ1) is 9.95. The van der Waals surface area contributed by atoms with E-state index >= 15 is 0 Å². The Bertz CT molecular complexity index is 498. The van der Waals surface area contributed by atoms with Crippen molar-refractivity contribution in [2.24, 2.45) is 5.92 Å². The highest BCUT2D eigenvalue weighted by Crippen LogP contribution is 2.30. The molecule has 0 aliphatic heterocycles. The molecule has 0 aromatic heterocycles. The van der Waals surface area contributed by atoms with Crippen molar-refractivity contribution in [3.8, 4) is 0 Å². The van der Waals surface area contributed by atoms with E-state index in [0.717, 1.165) is 22.9 Å². The van der Waals surface area contributed by atoms with Crippen LogP contribution in [0.3, 0.4) is 0 Å². The molecule has 1 amide bonds. The summed E-state index contributed by atoms with van der Waals surface area (Å²) in [7, 11) is 0. The lowest BCUT2D eigenvalue weighted by molar-refractivity contribution is -0.123. The van der Waals surface area contributed by atoms with E-state index in [9.17, 15) is 4.79 Å². The van der Waals surface area contributed by atoms with Crippen molar-refractivity contribution in [1.82, 2.24) is 0 Å². The molecule has 1 fully saturated rings. The number of aryl methyl sites for hydroxylation is 1. The Hall–Kier alpha value is -0.580. The summed E-state index contributed by atoms with van der Waals surface area (Å²) in [6.45, 7) is 4.24. The number of anilines is 1. The molecule has 0 spiro atoms. The minimum atomic E-state index is -0.152. The number of carbonyl (C=O) groups excluding carboxylic acids is 1. The van der Waals surface area contributed by atoms with Gasteiger partial charge in [-0.25, -0.2) is 0 Å². The predicted molar refractivity (Wildman–Crippen MR) is 89.9 cm³/mol. The van der Waals surface area contributed by atoms with Crippen LogP contribution in [0.25, 0.3) is 0 Å². The smallest absolute Gasteiger partial charge is 0.250 e. The van der Waals surface area contributed by atoms with Crippen LogP contribution in [0.2, 0.25) is 5.02 Å². The van der Waals surface area contributed by atoms with E-state index in [0.29, 0.717) is 16.6 Å². The lowest BCUT2D eigenvalue weighted by atomic mass is 9.89. The Morgan fingerprint density at radius 1 is 1.48 bits per heavy atom. The molecule has 3 nitrogen and oxygen atoms in total. The summed E-state index contributed by atoms with van der Waals surface area (Å²) in [5, 5.41) is 3.37. The molecule has 0 saturated heterocycles. The Morgan fingerprint density at radius 2 is 2.24 bits per heavy atom. The van der Waals surface area contributed by atoms with Gasteiger partial charge in [0.15, 0.2) is 0 Å². The van der Waals surface area contributed by atoms with Crippen LogP contribution in [0.1, 0.15) is 38.2 Å². The van der Waals surface area contributed by atoms with Gasteiger partial charge < -0.3 is 10.1 Å². The van der Waals surface area contributed by atoms with Crippen molar-refractivity contribution in [2.45, 2.75) is 45.6 Å². The van der Waals surface area contributed by atoms with Crippen LogP contribution in [0, 0.1) is 12.8 Å². The molecular weight excluding hydrogens is 354 g/mol. The topological polar surface area (TPSA) is 38.3 Å². The quantitative estimate of drug-likeness (QED) is 0.810. The third kappa shape index (κ3) is 4.97. The molecule has 5 heteroatoms. The first-order valence-corrected chi connectivity index (χ1v) is 8.50. The highest BCUT2D eigenvalue weighted by molar-refractivity contribution is 9.10. The van der Waals surface area contributed by atoms with E-state index in [2.05, 4.69) is 28.2 Å². The maximum atomic E-state index is 12.0. The second-order valence-corrected chi connectivity index (χ2v) is 7.16. The molecule has 1 aliphatic rings. The molecule has 21 heavy (non-hydrogen) atoms. The second kappa shape index (κ2) is 7.61. The van der Waals surface area contributed by atoms with Crippen LogP contribution < -0.4 is 5.32 Å². The zero-order valence-electron chi connectivity index (χ0n) is 12.4. The molecule has 116 valence electrons. The molecule has 0 bridgehead atoms. The number of amides is 1. The maximum Gasteiger partial charge on any atom is 0.250 e. The van der Waals surface area contributed by atoms with Crippen molar-refractivity contribution < 1.29 is 9.53 Å². The van der Waals surface area contributed by atoms with Crippen LogP contribution in [-0.2, 0) is 9.53 Å². The van der Waals surface area contributed by atoms with Crippen molar-refractivity contribution in [1.29, 1.82) is 0 Å². The van der Waals surface area contributed by atoms with Gasteiger partial charge in [0, 0.05) is 4.47 Å². The van der Waals surface area contributed by atoms with Gasteiger partial charge in [-0.1, -0.05) is 47.3 Å². The molecular formula is C16H21BrClNO2. The van der Waals surface area contributed by atoms with E-state index in [-0.39, 0.29) is 18.6 Å². The van der Waals surface area contributed by atoms with Crippen molar-refractivity contribution in [3.63, 3.8) is 0 Å². The van der Waals surface area contributed by atoms with Crippen LogP contribution in [0.5, 0.6) is 0 Å². The SMILES string of the molecule is Cc1cc(Br)cc(Cl)c1NC(=O)COC1CCCC(C)C1. The predicted octanol–water partition coefficient (Wildman–Crippen LogP) is 4.94. The molecule has 1 aromatic rings.